The van der Waals surface area contributed by atoms with Crippen molar-refractivity contribution < 1.29 is 27.3 Å². The van der Waals surface area contributed by atoms with Gasteiger partial charge in [0.2, 0.25) is 11.8 Å². The Morgan fingerprint density at radius 3 is 2.59 bits per heavy atom. The van der Waals surface area contributed by atoms with E-state index in [0.29, 0.717) is 6.07 Å². The molecule has 0 aliphatic heterocycles. The standard InChI is InChI=1S/C7H5ClF3N3O3/c8-2-4(15)12-6(16)13-5-1-3(14-17-5)7(9,10)11/h1H,2H2,(H2,12,13,15,16). The molecule has 0 aliphatic rings. The zero-order chi connectivity index (χ0) is 13.1. The number of anilines is 1. The molecule has 0 spiro atoms. The first-order valence-corrected chi connectivity index (χ1v) is 4.57. The first kappa shape index (κ1) is 13.3. The Kier molecular flexibility index (Phi) is 3.94. The smallest absolute Gasteiger partial charge is 0.338 e. The molecule has 3 amide bonds. The Morgan fingerprint density at radius 1 is 1.47 bits per heavy atom. The fraction of sp³-hybridized carbons (Fsp3) is 0.286. The van der Waals surface area contributed by atoms with E-state index < -0.39 is 35.6 Å². The van der Waals surface area contributed by atoms with Crippen LogP contribution in [0.15, 0.2) is 10.6 Å². The lowest BCUT2D eigenvalue weighted by Gasteiger charge is -2.00. The molecule has 10 heteroatoms. The average Bonchev–Trinajstić information content (AvgIpc) is 2.65. The molecule has 0 aromatic carbocycles. The van der Waals surface area contributed by atoms with E-state index in [2.05, 4.69) is 9.68 Å². The Hall–Kier alpha value is -1.77. The number of alkyl halides is 4. The number of carbonyl (C=O) groups excluding carboxylic acids is 2. The fourth-order valence-corrected chi connectivity index (χ4v) is 0.838. The van der Waals surface area contributed by atoms with Gasteiger partial charge < -0.3 is 4.52 Å². The minimum atomic E-state index is -4.67. The quantitative estimate of drug-likeness (QED) is 0.800. The van der Waals surface area contributed by atoms with Crippen LogP contribution in [0.1, 0.15) is 5.69 Å². The fourth-order valence-electron chi connectivity index (χ4n) is 0.771. The SMILES string of the molecule is O=C(CCl)NC(=O)Nc1cc(C(F)(F)F)no1. The number of hydrogen-bond acceptors (Lipinski definition) is 4. The highest BCUT2D eigenvalue weighted by molar-refractivity contribution is 6.28. The van der Waals surface area contributed by atoms with Crippen LogP contribution < -0.4 is 10.6 Å². The van der Waals surface area contributed by atoms with Crippen LogP contribution in [0.4, 0.5) is 23.8 Å². The number of carbonyl (C=O) groups is 2. The van der Waals surface area contributed by atoms with Gasteiger partial charge in [-0.15, -0.1) is 11.6 Å². The van der Waals surface area contributed by atoms with Gasteiger partial charge in [0.15, 0.2) is 5.69 Å². The summed E-state index contributed by atoms with van der Waals surface area (Å²) < 4.78 is 40.4. The van der Waals surface area contributed by atoms with Gasteiger partial charge >= 0.3 is 12.2 Å². The number of imide groups is 1. The third kappa shape index (κ3) is 3.94. The molecule has 0 atom stereocenters. The highest BCUT2D eigenvalue weighted by Gasteiger charge is 2.35. The highest BCUT2D eigenvalue weighted by Crippen LogP contribution is 2.29. The van der Waals surface area contributed by atoms with Crippen molar-refractivity contribution >= 4 is 29.4 Å². The minimum Gasteiger partial charge on any atom is -0.338 e. The van der Waals surface area contributed by atoms with Gasteiger partial charge in [-0.1, -0.05) is 5.16 Å². The second kappa shape index (κ2) is 5.04. The molecule has 0 bridgehead atoms. The molecule has 17 heavy (non-hydrogen) atoms. The maximum atomic E-state index is 12.1. The Labute approximate surface area is 97.1 Å². The van der Waals surface area contributed by atoms with Crippen LogP contribution >= 0.6 is 11.6 Å². The average molecular weight is 272 g/mol. The van der Waals surface area contributed by atoms with Crippen LogP contribution in [0.5, 0.6) is 0 Å². The van der Waals surface area contributed by atoms with Crippen molar-refractivity contribution in [1.82, 2.24) is 10.5 Å². The Bertz CT molecular complexity index is 431. The van der Waals surface area contributed by atoms with E-state index in [4.69, 9.17) is 11.6 Å². The van der Waals surface area contributed by atoms with Crippen molar-refractivity contribution in [2.45, 2.75) is 6.18 Å². The van der Waals surface area contributed by atoms with Crippen LogP contribution in [0.3, 0.4) is 0 Å². The van der Waals surface area contributed by atoms with E-state index in [0.717, 1.165) is 0 Å². The molecule has 0 saturated carbocycles. The number of halogens is 4. The lowest BCUT2D eigenvalue weighted by molar-refractivity contribution is -0.142. The molecule has 1 rings (SSSR count). The third-order valence-corrected chi connectivity index (χ3v) is 1.65. The summed E-state index contributed by atoms with van der Waals surface area (Å²) in [5.41, 5.74) is -1.29. The molecule has 6 nitrogen and oxygen atoms in total. The van der Waals surface area contributed by atoms with Gasteiger partial charge in [0.1, 0.15) is 5.88 Å². The summed E-state index contributed by atoms with van der Waals surface area (Å²) in [5, 5.41) is 6.26. The summed E-state index contributed by atoms with van der Waals surface area (Å²) in [4.78, 5) is 21.6. The number of nitrogens with zero attached hydrogens (tertiary/aromatic N) is 1. The van der Waals surface area contributed by atoms with Crippen molar-refractivity contribution in [2.24, 2.45) is 0 Å². The van der Waals surface area contributed by atoms with Crippen LogP contribution in [0.2, 0.25) is 0 Å². The number of nitrogens with one attached hydrogen (secondary N) is 2. The van der Waals surface area contributed by atoms with E-state index >= 15 is 0 Å². The molecule has 1 aromatic heterocycles. The number of aromatic nitrogens is 1. The molecule has 2 N–H and O–H groups in total. The topological polar surface area (TPSA) is 84.2 Å². The zero-order valence-electron chi connectivity index (χ0n) is 7.97. The van der Waals surface area contributed by atoms with Crippen molar-refractivity contribution in [3.63, 3.8) is 0 Å². The molecular weight excluding hydrogens is 267 g/mol. The normalized spacial score (nSPS) is 11.1. The summed E-state index contributed by atoms with van der Waals surface area (Å²) in [6.07, 6.45) is -4.67. The van der Waals surface area contributed by atoms with Gasteiger partial charge in [-0.05, 0) is 0 Å². The van der Waals surface area contributed by atoms with Crippen molar-refractivity contribution in [2.75, 3.05) is 11.2 Å². The minimum absolute atomic E-state index is 0.461. The molecule has 0 unspecified atom stereocenters. The van der Waals surface area contributed by atoms with Crippen LogP contribution in [-0.2, 0) is 11.0 Å². The predicted octanol–water partition coefficient (Wildman–Crippen LogP) is 1.58. The van der Waals surface area contributed by atoms with Crippen LogP contribution in [-0.4, -0.2) is 23.0 Å². The summed E-state index contributed by atoms with van der Waals surface area (Å²) in [7, 11) is 0. The van der Waals surface area contributed by atoms with Gasteiger partial charge in [-0.2, -0.15) is 13.2 Å². The third-order valence-electron chi connectivity index (χ3n) is 1.41. The lowest BCUT2D eigenvalue weighted by Crippen LogP contribution is -2.34. The Balaban J connectivity index is 2.61. The molecule has 0 radical (unpaired) electrons. The van der Waals surface area contributed by atoms with Crippen molar-refractivity contribution in [3.05, 3.63) is 11.8 Å². The summed E-state index contributed by atoms with van der Waals surface area (Å²) >= 11 is 5.09. The van der Waals surface area contributed by atoms with Gasteiger partial charge in [0, 0.05) is 6.07 Å². The lowest BCUT2D eigenvalue weighted by atomic mass is 10.4. The van der Waals surface area contributed by atoms with E-state index in [9.17, 15) is 22.8 Å². The molecule has 1 aromatic rings. The number of amides is 3. The monoisotopic (exact) mass is 271 g/mol. The second-order valence-electron chi connectivity index (χ2n) is 2.71. The van der Waals surface area contributed by atoms with Crippen molar-refractivity contribution in [3.8, 4) is 0 Å². The molecule has 94 valence electrons. The van der Waals surface area contributed by atoms with Crippen molar-refractivity contribution in [1.29, 1.82) is 0 Å². The number of urea groups is 1. The van der Waals surface area contributed by atoms with E-state index in [1.807, 2.05) is 5.32 Å². The molecule has 0 fully saturated rings. The van der Waals surface area contributed by atoms with Gasteiger partial charge in [0.25, 0.3) is 0 Å². The number of hydrogen-bond donors (Lipinski definition) is 2. The van der Waals surface area contributed by atoms with Gasteiger partial charge in [0.05, 0.1) is 0 Å². The molecule has 0 saturated heterocycles. The molecule has 1 heterocycles. The van der Waals surface area contributed by atoms with E-state index in [1.54, 1.807) is 5.32 Å². The van der Waals surface area contributed by atoms with E-state index in [1.165, 1.54) is 0 Å². The highest BCUT2D eigenvalue weighted by atomic mass is 35.5. The van der Waals surface area contributed by atoms with Gasteiger partial charge in [-0.25, -0.2) is 4.79 Å². The first-order valence-electron chi connectivity index (χ1n) is 4.03. The second-order valence-corrected chi connectivity index (χ2v) is 2.98. The van der Waals surface area contributed by atoms with Crippen LogP contribution in [0.25, 0.3) is 0 Å². The largest absolute Gasteiger partial charge is 0.436 e. The molecule has 0 aliphatic carbocycles. The van der Waals surface area contributed by atoms with Crippen LogP contribution in [0, 0.1) is 0 Å². The predicted molar refractivity (Wildman–Crippen MR) is 49.4 cm³/mol. The zero-order valence-corrected chi connectivity index (χ0v) is 8.72. The summed E-state index contributed by atoms with van der Waals surface area (Å²) in [6.45, 7) is 0. The van der Waals surface area contributed by atoms with E-state index in [-0.39, 0.29) is 0 Å². The first-order chi connectivity index (χ1) is 7.82. The summed E-state index contributed by atoms with van der Waals surface area (Å²) in [5.74, 6) is -1.81. The molecular formula is C7H5ClF3N3O3. The Morgan fingerprint density at radius 2 is 2.12 bits per heavy atom. The van der Waals surface area contributed by atoms with Gasteiger partial charge in [-0.3, -0.25) is 15.4 Å². The number of rotatable bonds is 2. The summed E-state index contributed by atoms with van der Waals surface area (Å²) in [6, 6.07) is -0.592. The maximum absolute atomic E-state index is 12.1. The maximum Gasteiger partial charge on any atom is 0.436 e.